The van der Waals surface area contributed by atoms with E-state index in [4.69, 9.17) is 9.47 Å². The van der Waals surface area contributed by atoms with Crippen LogP contribution >= 0.6 is 0 Å². The number of benzene rings is 2. The van der Waals surface area contributed by atoms with Crippen molar-refractivity contribution in [2.45, 2.75) is 71.6 Å². The summed E-state index contributed by atoms with van der Waals surface area (Å²) in [5.74, 6) is 1.68. The van der Waals surface area contributed by atoms with Gasteiger partial charge in [-0.2, -0.15) is 0 Å². The highest BCUT2D eigenvalue weighted by Gasteiger charge is 2.30. The predicted molar refractivity (Wildman–Crippen MR) is 148 cm³/mol. The molecule has 1 unspecified atom stereocenters. The van der Waals surface area contributed by atoms with Crippen LogP contribution in [0.1, 0.15) is 69.6 Å². The average molecular weight is 517 g/mol. The summed E-state index contributed by atoms with van der Waals surface area (Å²) in [4.78, 5) is 29.2. The summed E-state index contributed by atoms with van der Waals surface area (Å²) < 4.78 is 11.6. The molecule has 1 fully saturated rings. The number of nitrogens with zero attached hydrogens (tertiary/aromatic N) is 2. The van der Waals surface area contributed by atoms with Gasteiger partial charge in [0.2, 0.25) is 5.91 Å². The van der Waals surface area contributed by atoms with Gasteiger partial charge in [-0.25, -0.2) is 4.79 Å². The quantitative estimate of drug-likeness (QED) is 0.459. The molecule has 2 amide bonds. The lowest BCUT2D eigenvalue weighted by Gasteiger charge is -2.33. The number of rotatable bonds is 5. The fraction of sp³-hybridized carbons (Fsp3) is 0.500. The third-order valence-electron chi connectivity index (χ3n) is 7.89. The van der Waals surface area contributed by atoms with Crippen LogP contribution in [0.25, 0.3) is 5.57 Å². The first-order chi connectivity index (χ1) is 18.2. The first-order valence-electron chi connectivity index (χ1n) is 14.0. The number of carbonyl (C=O) groups excluding carboxylic acids is 2. The van der Waals surface area contributed by atoms with Crippen LogP contribution in [0, 0.1) is 11.8 Å². The topological polar surface area (TPSA) is 59.1 Å². The molecule has 1 atom stereocenters. The van der Waals surface area contributed by atoms with Crippen molar-refractivity contribution in [1.82, 2.24) is 9.80 Å². The van der Waals surface area contributed by atoms with E-state index in [2.05, 4.69) is 42.5 Å². The fourth-order valence-electron chi connectivity index (χ4n) is 5.66. The number of hydrogen-bond donors (Lipinski definition) is 0. The maximum absolute atomic E-state index is 13.1. The molecule has 0 N–H and O–H groups in total. The van der Waals surface area contributed by atoms with Crippen LogP contribution in [-0.4, -0.2) is 47.1 Å². The minimum Gasteiger partial charge on any atom is -0.493 e. The maximum Gasteiger partial charge on any atom is 0.410 e. The van der Waals surface area contributed by atoms with Gasteiger partial charge in [-0.3, -0.25) is 4.79 Å². The Bertz CT molecular complexity index is 1150. The second-order valence-corrected chi connectivity index (χ2v) is 11.9. The minimum absolute atomic E-state index is 0.0809. The Labute approximate surface area is 226 Å². The smallest absolute Gasteiger partial charge is 0.410 e. The van der Waals surface area contributed by atoms with Crippen LogP contribution < -0.4 is 4.74 Å². The van der Waals surface area contributed by atoms with Crippen LogP contribution in [0.15, 0.2) is 54.6 Å². The van der Waals surface area contributed by atoms with Gasteiger partial charge in [0.15, 0.2) is 0 Å². The zero-order chi connectivity index (χ0) is 26.7. The normalized spacial score (nSPS) is 20.1. The molecule has 6 nitrogen and oxygen atoms in total. The van der Waals surface area contributed by atoms with Gasteiger partial charge in [0, 0.05) is 32.1 Å². The van der Waals surface area contributed by atoms with Crippen molar-refractivity contribution in [2.75, 3.05) is 19.7 Å². The third kappa shape index (κ3) is 6.40. The SMILES string of the molecule is CC(C)(C)OC(=O)N1CCC(COc2ccc(C3=CCC(C(=O)N4Cc5ccccc5C4)CC3)cc2)CC1. The van der Waals surface area contributed by atoms with Crippen molar-refractivity contribution >= 4 is 17.6 Å². The van der Waals surface area contributed by atoms with Crippen LogP contribution in [0.5, 0.6) is 5.75 Å². The summed E-state index contributed by atoms with van der Waals surface area (Å²) in [5.41, 5.74) is 4.63. The van der Waals surface area contributed by atoms with Crippen LogP contribution in [0.3, 0.4) is 0 Å². The molecule has 0 spiro atoms. The number of amides is 2. The van der Waals surface area contributed by atoms with E-state index < -0.39 is 5.60 Å². The van der Waals surface area contributed by atoms with Crippen molar-refractivity contribution in [2.24, 2.45) is 11.8 Å². The molecule has 2 heterocycles. The Morgan fingerprint density at radius 2 is 1.55 bits per heavy atom. The predicted octanol–water partition coefficient (Wildman–Crippen LogP) is 6.44. The summed E-state index contributed by atoms with van der Waals surface area (Å²) in [6, 6.07) is 16.7. The first-order valence-corrected chi connectivity index (χ1v) is 14.0. The van der Waals surface area contributed by atoms with E-state index in [1.807, 2.05) is 37.8 Å². The van der Waals surface area contributed by atoms with Gasteiger partial charge < -0.3 is 19.3 Å². The summed E-state index contributed by atoms with van der Waals surface area (Å²) >= 11 is 0. The molecule has 2 aromatic carbocycles. The number of allylic oxidation sites excluding steroid dienone is 2. The fourth-order valence-corrected chi connectivity index (χ4v) is 5.66. The molecule has 2 aromatic rings. The Kier molecular flexibility index (Phi) is 7.78. The van der Waals surface area contributed by atoms with Crippen molar-refractivity contribution < 1.29 is 19.1 Å². The number of likely N-dealkylation sites (tertiary alicyclic amines) is 1. The number of carbonyl (C=O) groups is 2. The Hall–Kier alpha value is -3.28. The Morgan fingerprint density at radius 1 is 0.895 bits per heavy atom. The van der Waals surface area contributed by atoms with Crippen LogP contribution in [0.2, 0.25) is 0 Å². The van der Waals surface area contributed by atoms with Gasteiger partial charge in [-0.15, -0.1) is 0 Å². The zero-order valence-corrected chi connectivity index (χ0v) is 22.9. The molecule has 38 heavy (non-hydrogen) atoms. The second-order valence-electron chi connectivity index (χ2n) is 11.9. The van der Waals surface area contributed by atoms with Gasteiger partial charge in [0.25, 0.3) is 0 Å². The molecule has 0 radical (unpaired) electrons. The summed E-state index contributed by atoms with van der Waals surface area (Å²) in [5, 5.41) is 0. The Morgan fingerprint density at radius 3 is 2.13 bits per heavy atom. The molecule has 3 aliphatic rings. The van der Waals surface area contributed by atoms with Gasteiger partial charge in [-0.05, 0) is 93.2 Å². The lowest BCUT2D eigenvalue weighted by molar-refractivity contribution is -0.136. The summed E-state index contributed by atoms with van der Waals surface area (Å²) in [6.07, 6.45) is 6.51. The Balaban J connectivity index is 1.06. The first kappa shape index (κ1) is 26.3. The standard InChI is InChI=1S/C32H40N2O4/c1-32(2,3)38-31(36)33-18-16-23(17-19-33)22-37-29-14-12-25(13-15-29)24-8-10-26(11-9-24)30(35)34-20-27-6-4-5-7-28(27)21-34/h4-8,12-15,23,26H,9-11,16-22H2,1-3H3. The van der Waals surface area contributed by atoms with E-state index >= 15 is 0 Å². The van der Waals surface area contributed by atoms with Crippen molar-refractivity contribution in [1.29, 1.82) is 0 Å². The molecule has 5 rings (SSSR count). The van der Waals surface area contributed by atoms with Crippen molar-refractivity contribution in [3.05, 3.63) is 71.3 Å². The highest BCUT2D eigenvalue weighted by molar-refractivity contribution is 5.81. The monoisotopic (exact) mass is 516 g/mol. The summed E-state index contributed by atoms with van der Waals surface area (Å²) in [6.45, 7) is 9.26. The largest absolute Gasteiger partial charge is 0.493 e. The maximum atomic E-state index is 13.1. The zero-order valence-electron chi connectivity index (χ0n) is 22.9. The minimum atomic E-state index is -0.461. The van der Waals surface area contributed by atoms with E-state index in [1.165, 1.54) is 22.3 Å². The van der Waals surface area contributed by atoms with E-state index in [9.17, 15) is 9.59 Å². The highest BCUT2D eigenvalue weighted by atomic mass is 16.6. The van der Waals surface area contributed by atoms with Gasteiger partial charge in [-0.1, -0.05) is 42.5 Å². The van der Waals surface area contributed by atoms with Crippen molar-refractivity contribution in [3.8, 4) is 5.75 Å². The van der Waals surface area contributed by atoms with Gasteiger partial charge in [0.05, 0.1) is 6.61 Å². The van der Waals surface area contributed by atoms with Gasteiger partial charge >= 0.3 is 6.09 Å². The number of hydrogen-bond acceptors (Lipinski definition) is 4. The molecular weight excluding hydrogens is 476 g/mol. The van der Waals surface area contributed by atoms with Gasteiger partial charge in [0.1, 0.15) is 11.4 Å². The molecular formula is C32H40N2O4. The molecule has 0 bridgehead atoms. The second kappa shape index (κ2) is 11.2. The van der Waals surface area contributed by atoms with E-state index in [0.29, 0.717) is 25.6 Å². The number of ether oxygens (including phenoxy) is 2. The van der Waals surface area contributed by atoms with E-state index in [1.54, 1.807) is 4.90 Å². The van der Waals surface area contributed by atoms with E-state index in [0.717, 1.165) is 50.9 Å². The third-order valence-corrected chi connectivity index (χ3v) is 7.89. The number of fused-ring (bicyclic) bond motifs is 1. The molecule has 0 aromatic heterocycles. The average Bonchev–Trinajstić information content (AvgIpc) is 3.36. The molecule has 0 saturated carbocycles. The summed E-state index contributed by atoms with van der Waals surface area (Å²) in [7, 11) is 0. The lowest BCUT2D eigenvalue weighted by atomic mass is 9.86. The lowest BCUT2D eigenvalue weighted by Crippen LogP contribution is -2.42. The molecule has 2 aliphatic heterocycles. The number of piperidine rings is 1. The molecule has 6 heteroatoms. The van der Waals surface area contributed by atoms with Crippen molar-refractivity contribution in [3.63, 3.8) is 0 Å². The molecule has 202 valence electrons. The molecule has 1 aliphatic carbocycles. The van der Waals surface area contributed by atoms with Crippen LogP contribution in [0.4, 0.5) is 4.79 Å². The van der Waals surface area contributed by atoms with Crippen LogP contribution in [-0.2, 0) is 22.6 Å². The highest BCUT2D eigenvalue weighted by Crippen LogP contribution is 2.34. The van der Waals surface area contributed by atoms with E-state index in [-0.39, 0.29) is 17.9 Å². The molecule has 1 saturated heterocycles.